The molecule has 130 valence electrons. The minimum Gasteiger partial charge on any atom is -0.313 e. The predicted octanol–water partition coefficient (Wildman–Crippen LogP) is 6.00. The fraction of sp³-hybridized carbons (Fsp3) is 0.167. The van der Waals surface area contributed by atoms with E-state index < -0.39 is 0 Å². The quantitative estimate of drug-likeness (QED) is 0.460. The number of hydrogen-bond donors (Lipinski definition) is 1. The van der Waals surface area contributed by atoms with E-state index in [2.05, 4.69) is 86.6 Å². The Bertz CT molecular complexity index is 997. The first-order valence-corrected chi connectivity index (χ1v) is 9.02. The highest BCUT2D eigenvalue weighted by Gasteiger charge is 2.12. The summed E-state index contributed by atoms with van der Waals surface area (Å²) in [5.74, 6) is 0. The first-order chi connectivity index (χ1) is 12.6. The molecule has 0 saturated carbocycles. The lowest BCUT2D eigenvalue weighted by Crippen LogP contribution is -2.19. The van der Waals surface area contributed by atoms with Crippen LogP contribution >= 0.6 is 0 Å². The number of benzene rings is 4. The molecule has 0 atom stereocenters. The number of rotatable bonds is 4. The van der Waals surface area contributed by atoms with Gasteiger partial charge in [0.15, 0.2) is 0 Å². The summed E-state index contributed by atoms with van der Waals surface area (Å²) in [4.78, 5) is 0. The van der Waals surface area contributed by atoms with Crippen LogP contribution in [0.2, 0.25) is 0 Å². The molecule has 0 fully saturated rings. The van der Waals surface area contributed by atoms with Gasteiger partial charge >= 0.3 is 0 Å². The SMILES string of the molecule is Cc1ccc2ccccc2c1CN(O)Cc1c(C)ccc2ccccc12. The highest BCUT2D eigenvalue weighted by atomic mass is 16.5. The van der Waals surface area contributed by atoms with Crippen molar-refractivity contribution in [1.29, 1.82) is 0 Å². The van der Waals surface area contributed by atoms with Gasteiger partial charge in [-0.1, -0.05) is 72.8 Å². The Balaban J connectivity index is 1.68. The van der Waals surface area contributed by atoms with Crippen molar-refractivity contribution in [3.05, 3.63) is 95.1 Å². The molecule has 0 spiro atoms. The van der Waals surface area contributed by atoms with E-state index in [1.54, 1.807) is 0 Å². The number of hydroxylamine groups is 2. The zero-order chi connectivity index (χ0) is 18.1. The molecule has 0 aliphatic carbocycles. The third kappa shape index (κ3) is 3.10. The molecule has 1 N–H and O–H groups in total. The normalized spacial score (nSPS) is 11.5. The molecule has 0 aliphatic heterocycles. The maximum atomic E-state index is 10.8. The molecule has 0 saturated heterocycles. The summed E-state index contributed by atoms with van der Waals surface area (Å²) in [7, 11) is 0. The van der Waals surface area contributed by atoms with Gasteiger partial charge in [0.2, 0.25) is 0 Å². The van der Waals surface area contributed by atoms with E-state index in [0.29, 0.717) is 13.1 Å². The Hall–Kier alpha value is -2.68. The van der Waals surface area contributed by atoms with Crippen molar-refractivity contribution >= 4 is 21.5 Å². The zero-order valence-electron chi connectivity index (χ0n) is 15.2. The maximum Gasteiger partial charge on any atom is 0.0501 e. The second-order valence-corrected chi connectivity index (χ2v) is 6.99. The second-order valence-electron chi connectivity index (χ2n) is 6.99. The van der Waals surface area contributed by atoms with Crippen molar-refractivity contribution in [2.24, 2.45) is 0 Å². The topological polar surface area (TPSA) is 23.5 Å². The van der Waals surface area contributed by atoms with Gasteiger partial charge in [0.1, 0.15) is 0 Å². The van der Waals surface area contributed by atoms with Gasteiger partial charge in [-0.2, -0.15) is 5.06 Å². The fourth-order valence-corrected chi connectivity index (χ4v) is 3.73. The number of nitrogens with zero attached hydrogens (tertiary/aromatic N) is 1. The maximum absolute atomic E-state index is 10.8. The number of fused-ring (bicyclic) bond motifs is 2. The summed E-state index contributed by atoms with van der Waals surface area (Å²) < 4.78 is 0. The lowest BCUT2D eigenvalue weighted by molar-refractivity contribution is -0.107. The van der Waals surface area contributed by atoms with Crippen molar-refractivity contribution in [2.75, 3.05) is 0 Å². The molecule has 0 aliphatic rings. The van der Waals surface area contributed by atoms with Crippen LogP contribution in [-0.4, -0.2) is 10.3 Å². The molecule has 2 nitrogen and oxygen atoms in total. The lowest BCUT2D eigenvalue weighted by Gasteiger charge is -2.20. The lowest BCUT2D eigenvalue weighted by atomic mass is 9.98. The molecular weight excluding hydrogens is 318 g/mol. The molecule has 4 aromatic carbocycles. The summed E-state index contributed by atoms with van der Waals surface area (Å²) in [6, 6.07) is 25.3. The van der Waals surface area contributed by atoms with E-state index >= 15 is 0 Å². The summed E-state index contributed by atoms with van der Waals surface area (Å²) >= 11 is 0. The van der Waals surface area contributed by atoms with Crippen molar-refractivity contribution in [3.8, 4) is 0 Å². The third-order valence-corrected chi connectivity index (χ3v) is 5.23. The molecule has 4 rings (SSSR count). The van der Waals surface area contributed by atoms with Crippen LogP contribution in [0.5, 0.6) is 0 Å². The van der Waals surface area contributed by atoms with Gasteiger partial charge in [-0.3, -0.25) is 0 Å². The average molecular weight is 341 g/mol. The molecule has 0 amide bonds. The molecule has 0 aromatic heterocycles. The summed E-state index contributed by atoms with van der Waals surface area (Å²) in [5.41, 5.74) is 4.78. The Morgan fingerprint density at radius 3 is 1.50 bits per heavy atom. The van der Waals surface area contributed by atoms with Crippen LogP contribution in [0.25, 0.3) is 21.5 Å². The first-order valence-electron chi connectivity index (χ1n) is 9.02. The molecule has 0 bridgehead atoms. The summed E-state index contributed by atoms with van der Waals surface area (Å²) in [6.45, 7) is 5.24. The van der Waals surface area contributed by atoms with Gasteiger partial charge in [0.05, 0.1) is 13.1 Å². The van der Waals surface area contributed by atoms with Crippen molar-refractivity contribution in [3.63, 3.8) is 0 Å². The van der Waals surface area contributed by atoms with E-state index in [4.69, 9.17) is 0 Å². The van der Waals surface area contributed by atoms with Gasteiger partial charge in [0, 0.05) is 0 Å². The average Bonchev–Trinajstić information content (AvgIpc) is 2.66. The van der Waals surface area contributed by atoms with Gasteiger partial charge in [-0.15, -0.1) is 0 Å². The van der Waals surface area contributed by atoms with E-state index in [1.807, 2.05) is 0 Å². The van der Waals surface area contributed by atoms with Crippen LogP contribution in [0.4, 0.5) is 0 Å². The van der Waals surface area contributed by atoms with Gasteiger partial charge in [0.25, 0.3) is 0 Å². The molecular formula is C24H23NO. The van der Waals surface area contributed by atoms with Crippen LogP contribution in [0, 0.1) is 13.8 Å². The van der Waals surface area contributed by atoms with Crippen LogP contribution in [0.3, 0.4) is 0 Å². The van der Waals surface area contributed by atoms with Gasteiger partial charge in [-0.05, 0) is 57.6 Å². The van der Waals surface area contributed by atoms with Crippen LogP contribution in [0.15, 0.2) is 72.8 Å². The minimum atomic E-state index is 0.510. The molecule has 26 heavy (non-hydrogen) atoms. The predicted molar refractivity (Wildman–Crippen MR) is 108 cm³/mol. The van der Waals surface area contributed by atoms with Crippen molar-refractivity contribution in [2.45, 2.75) is 26.9 Å². The third-order valence-electron chi connectivity index (χ3n) is 5.23. The van der Waals surface area contributed by atoms with Crippen LogP contribution in [-0.2, 0) is 13.1 Å². The highest BCUT2D eigenvalue weighted by Crippen LogP contribution is 2.26. The van der Waals surface area contributed by atoms with E-state index in [1.165, 1.54) is 48.9 Å². The van der Waals surface area contributed by atoms with Crippen molar-refractivity contribution < 1.29 is 5.21 Å². The fourth-order valence-electron chi connectivity index (χ4n) is 3.73. The van der Waals surface area contributed by atoms with Crippen LogP contribution in [0.1, 0.15) is 22.3 Å². The molecule has 0 unspecified atom stereocenters. The molecule has 0 radical (unpaired) electrons. The highest BCUT2D eigenvalue weighted by molar-refractivity contribution is 5.87. The Morgan fingerprint density at radius 1 is 0.615 bits per heavy atom. The number of hydrogen-bond acceptors (Lipinski definition) is 2. The molecule has 0 heterocycles. The first kappa shape index (κ1) is 16.8. The van der Waals surface area contributed by atoms with E-state index in [0.717, 1.165) is 0 Å². The molecule has 4 aromatic rings. The van der Waals surface area contributed by atoms with Gasteiger partial charge < -0.3 is 5.21 Å². The standard InChI is InChI=1S/C24H23NO/c1-17-11-13-19-7-3-5-9-21(19)23(17)15-25(26)16-24-18(2)12-14-20-8-4-6-10-22(20)24/h3-14,26H,15-16H2,1-2H3. The summed E-state index contributed by atoms with van der Waals surface area (Å²) in [6.07, 6.45) is 0. The summed E-state index contributed by atoms with van der Waals surface area (Å²) in [5, 5.41) is 17.0. The largest absolute Gasteiger partial charge is 0.313 e. The Kier molecular flexibility index (Phi) is 4.46. The zero-order valence-corrected chi connectivity index (χ0v) is 15.2. The monoisotopic (exact) mass is 341 g/mol. The second kappa shape index (κ2) is 6.91. The number of aryl methyl sites for hydroxylation is 2. The Labute approximate surface area is 154 Å². The van der Waals surface area contributed by atoms with Crippen LogP contribution < -0.4 is 0 Å². The van der Waals surface area contributed by atoms with E-state index in [-0.39, 0.29) is 0 Å². The Morgan fingerprint density at radius 2 is 1.04 bits per heavy atom. The van der Waals surface area contributed by atoms with E-state index in [9.17, 15) is 5.21 Å². The van der Waals surface area contributed by atoms with Crippen molar-refractivity contribution in [1.82, 2.24) is 5.06 Å². The smallest absolute Gasteiger partial charge is 0.0501 e. The van der Waals surface area contributed by atoms with Gasteiger partial charge in [-0.25, -0.2) is 0 Å². The minimum absolute atomic E-state index is 0.510. The molecule has 2 heteroatoms.